The van der Waals surface area contributed by atoms with Gasteiger partial charge in [-0.3, -0.25) is 14.5 Å². The van der Waals surface area contributed by atoms with E-state index in [-0.39, 0.29) is 29.3 Å². The fourth-order valence-corrected chi connectivity index (χ4v) is 6.20. The third kappa shape index (κ3) is 8.26. The van der Waals surface area contributed by atoms with Crippen LogP contribution in [-0.2, 0) is 11.2 Å². The fraction of sp³-hybridized carbons (Fsp3) is 0.378. The van der Waals surface area contributed by atoms with Crippen molar-refractivity contribution < 1.29 is 19.5 Å². The monoisotopic (exact) mass is 666 g/mol. The molecular weight excluding hydrogens is 620 g/mol. The first-order chi connectivity index (χ1) is 23.2. The minimum atomic E-state index is -1.13. The summed E-state index contributed by atoms with van der Waals surface area (Å²) in [4.78, 5) is 44.2. The van der Waals surface area contributed by atoms with Crippen molar-refractivity contribution >= 4 is 46.6 Å². The Hall–Kier alpha value is -5.23. The van der Waals surface area contributed by atoms with Gasteiger partial charge in [0.25, 0.3) is 5.91 Å². The summed E-state index contributed by atoms with van der Waals surface area (Å²) in [6.07, 6.45) is 4.07. The first-order valence-corrected chi connectivity index (χ1v) is 16.5. The van der Waals surface area contributed by atoms with E-state index in [1.54, 1.807) is 47.1 Å². The number of carbonyl (C=O) groups excluding carboxylic acids is 2. The van der Waals surface area contributed by atoms with Gasteiger partial charge in [0.2, 0.25) is 5.91 Å². The average Bonchev–Trinajstić information content (AvgIpc) is 3.46. The molecule has 0 aliphatic carbocycles. The van der Waals surface area contributed by atoms with E-state index in [0.29, 0.717) is 40.6 Å². The van der Waals surface area contributed by atoms with Crippen LogP contribution in [-0.4, -0.2) is 61.3 Å². The summed E-state index contributed by atoms with van der Waals surface area (Å²) in [5, 5.41) is 28.0. The zero-order chi connectivity index (χ0) is 35.5. The molecule has 1 atom stereocenters. The minimum Gasteiger partial charge on any atom is -0.465 e. The lowest BCUT2D eigenvalue weighted by atomic mass is 9.91. The maximum atomic E-state index is 13.1. The molecule has 0 radical (unpaired) electrons. The van der Waals surface area contributed by atoms with Crippen LogP contribution in [0.15, 0.2) is 73.4 Å². The number of rotatable bonds is 11. The van der Waals surface area contributed by atoms with Crippen molar-refractivity contribution in [3.8, 4) is 0 Å². The van der Waals surface area contributed by atoms with Gasteiger partial charge in [0.15, 0.2) is 5.65 Å². The minimum absolute atomic E-state index is 0.0662. The number of carboxylic acid groups (broad SMARTS) is 1. The van der Waals surface area contributed by atoms with Gasteiger partial charge in [-0.05, 0) is 94.8 Å². The lowest BCUT2D eigenvalue weighted by molar-refractivity contribution is -0.111. The van der Waals surface area contributed by atoms with Crippen molar-refractivity contribution in [2.24, 2.45) is 0 Å². The molecule has 12 nitrogen and oxygen atoms in total. The van der Waals surface area contributed by atoms with Crippen LogP contribution in [0.1, 0.15) is 81.8 Å². The lowest BCUT2D eigenvalue weighted by Gasteiger charge is -2.38. The van der Waals surface area contributed by atoms with E-state index >= 15 is 0 Å². The Morgan fingerprint density at radius 2 is 1.84 bits per heavy atom. The average molecular weight is 667 g/mol. The number of hydrogen-bond donors (Lipinski definition) is 5. The van der Waals surface area contributed by atoms with Crippen LogP contribution >= 0.6 is 0 Å². The fourth-order valence-electron chi connectivity index (χ4n) is 6.20. The van der Waals surface area contributed by atoms with Crippen molar-refractivity contribution in [2.75, 3.05) is 27.4 Å². The van der Waals surface area contributed by atoms with Gasteiger partial charge in [-0.1, -0.05) is 38.6 Å². The second-order valence-electron chi connectivity index (χ2n) is 14.2. The topological polar surface area (TPSA) is 153 Å². The van der Waals surface area contributed by atoms with Crippen LogP contribution < -0.4 is 26.2 Å². The smallest absolute Gasteiger partial charge is 0.413 e. The molecule has 1 aliphatic rings. The van der Waals surface area contributed by atoms with Gasteiger partial charge in [0.05, 0.1) is 11.7 Å². The second-order valence-corrected chi connectivity index (χ2v) is 14.2. The van der Waals surface area contributed by atoms with E-state index in [1.807, 2.05) is 32.0 Å². The predicted octanol–water partition coefficient (Wildman–Crippen LogP) is 6.68. The van der Waals surface area contributed by atoms with Gasteiger partial charge in [-0.25, -0.2) is 9.78 Å². The van der Waals surface area contributed by atoms with Gasteiger partial charge in [0, 0.05) is 46.7 Å². The molecule has 1 saturated heterocycles. The number of carbonyl (C=O) groups is 3. The van der Waals surface area contributed by atoms with E-state index in [0.717, 1.165) is 36.6 Å². The molecule has 1 aliphatic heterocycles. The number of anilines is 4. The molecule has 2 aromatic heterocycles. The van der Waals surface area contributed by atoms with Crippen LogP contribution in [0.5, 0.6) is 0 Å². The SMILES string of the molecule is C=CC(=O)Nc1cccc(C(=O)Nc2cccc(CC(C)(C)N(C(=O)O)c3cc(N[C@H]4CCC(C)(C)NC4)nc4c(C(C)C)cnn34)c2)c1. The van der Waals surface area contributed by atoms with E-state index in [2.05, 4.69) is 60.6 Å². The number of hydrogen-bond acceptors (Lipinski definition) is 7. The van der Waals surface area contributed by atoms with Gasteiger partial charge < -0.3 is 26.4 Å². The Bertz CT molecular complexity index is 1870. The maximum Gasteiger partial charge on any atom is 0.413 e. The van der Waals surface area contributed by atoms with Crippen LogP contribution in [0.2, 0.25) is 0 Å². The van der Waals surface area contributed by atoms with Crippen LogP contribution in [0.3, 0.4) is 0 Å². The Kier molecular flexibility index (Phi) is 10.1. The van der Waals surface area contributed by atoms with Crippen molar-refractivity contribution in [3.63, 3.8) is 0 Å². The Morgan fingerprint density at radius 3 is 2.49 bits per heavy atom. The van der Waals surface area contributed by atoms with E-state index in [9.17, 15) is 19.5 Å². The van der Waals surface area contributed by atoms with E-state index in [4.69, 9.17) is 4.98 Å². The zero-order valence-corrected chi connectivity index (χ0v) is 29.0. The highest BCUT2D eigenvalue weighted by atomic mass is 16.4. The highest BCUT2D eigenvalue weighted by Crippen LogP contribution is 2.33. The molecule has 0 bridgehead atoms. The lowest BCUT2D eigenvalue weighted by Crippen LogP contribution is -2.51. The molecule has 258 valence electrons. The largest absolute Gasteiger partial charge is 0.465 e. The summed E-state index contributed by atoms with van der Waals surface area (Å²) < 4.78 is 1.61. The maximum absolute atomic E-state index is 13.1. The first kappa shape index (κ1) is 35.1. The van der Waals surface area contributed by atoms with Gasteiger partial charge in [-0.15, -0.1) is 0 Å². The van der Waals surface area contributed by atoms with Gasteiger partial charge in [-0.2, -0.15) is 9.61 Å². The van der Waals surface area contributed by atoms with Crippen molar-refractivity contribution in [3.05, 3.63) is 90.1 Å². The number of aromatic nitrogens is 3. The third-order valence-electron chi connectivity index (χ3n) is 8.82. The number of fused-ring (bicyclic) bond motifs is 1. The molecule has 5 rings (SSSR count). The van der Waals surface area contributed by atoms with Crippen LogP contribution in [0, 0.1) is 0 Å². The highest BCUT2D eigenvalue weighted by Gasteiger charge is 2.36. The van der Waals surface area contributed by atoms with Crippen LogP contribution in [0.4, 0.5) is 27.8 Å². The van der Waals surface area contributed by atoms with Crippen molar-refractivity contribution in [2.45, 2.75) is 83.8 Å². The molecule has 4 aromatic rings. The van der Waals surface area contributed by atoms with Crippen molar-refractivity contribution in [1.29, 1.82) is 0 Å². The molecule has 2 aromatic carbocycles. The number of nitrogens with one attached hydrogen (secondary N) is 4. The summed E-state index contributed by atoms with van der Waals surface area (Å²) in [5.41, 5.74) is 2.87. The molecule has 1 fully saturated rings. The third-order valence-corrected chi connectivity index (χ3v) is 8.82. The molecule has 3 heterocycles. The Labute approximate surface area is 287 Å². The van der Waals surface area contributed by atoms with Gasteiger partial charge >= 0.3 is 6.09 Å². The summed E-state index contributed by atoms with van der Waals surface area (Å²) >= 11 is 0. The summed E-state index contributed by atoms with van der Waals surface area (Å²) in [5.74, 6) is 0.378. The highest BCUT2D eigenvalue weighted by molar-refractivity contribution is 6.06. The number of nitrogens with zero attached hydrogens (tertiary/aromatic N) is 4. The van der Waals surface area contributed by atoms with Gasteiger partial charge in [0.1, 0.15) is 11.6 Å². The molecule has 3 amide bonds. The molecule has 12 heteroatoms. The second kappa shape index (κ2) is 14.1. The summed E-state index contributed by atoms with van der Waals surface area (Å²) in [6.45, 7) is 16.5. The number of benzene rings is 2. The molecular formula is C37H46N8O4. The normalized spacial score (nSPS) is 15.9. The Morgan fingerprint density at radius 1 is 1.12 bits per heavy atom. The standard InChI is InChI=1S/C37H46N8O4/c1-8-31(46)41-27-14-10-12-25(18-27)34(47)42-26-13-9-11-24(17-26)20-37(6,7)44(35(48)49)32-19-30(40-28-15-16-36(4,5)38-21-28)43-33-29(23(2)3)22-39-45(32)33/h8-14,17-19,22-23,28,38H,1,15-16,20-21H2,2-7H3,(H,40,43)(H,41,46)(H,42,47)(H,48,49)/t28-/m0/s1. The molecule has 0 saturated carbocycles. The van der Waals surface area contributed by atoms with E-state index < -0.39 is 11.6 Å². The number of amides is 3. The van der Waals surface area contributed by atoms with E-state index in [1.165, 1.54) is 4.90 Å². The first-order valence-electron chi connectivity index (χ1n) is 16.5. The quantitative estimate of drug-likeness (QED) is 0.111. The molecule has 49 heavy (non-hydrogen) atoms. The summed E-state index contributed by atoms with van der Waals surface area (Å²) in [7, 11) is 0. The Balaban J connectivity index is 1.42. The summed E-state index contributed by atoms with van der Waals surface area (Å²) in [6, 6.07) is 15.8. The predicted molar refractivity (Wildman–Crippen MR) is 194 cm³/mol. The molecule has 0 unspecified atom stereocenters. The van der Waals surface area contributed by atoms with Crippen molar-refractivity contribution in [1.82, 2.24) is 19.9 Å². The van der Waals surface area contributed by atoms with Crippen LogP contribution in [0.25, 0.3) is 5.65 Å². The molecule has 5 N–H and O–H groups in total. The zero-order valence-electron chi connectivity index (χ0n) is 29.0. The number of piperidine rings is 1. The molecule has 0 spiro atoms.